The molecule has 0 saturated carbocycles. The van der Waals surface area contributed by atoms with E-state index in [1.807, 2.05) is 91.0 Å². The van der Waals surface area contributed by atoms with Gasteiger partial charge < -0.3 is 10.4 Å². The van der Waals surface area contributed by atoms with Crippen LogP contribution in [0.4, 0.5) is 5.69 Å². The van der Waals surface area contributed by atoms with Crippen molar-refractivity contribution in [2.75, 3.05) is 5.32 Å². The topological polar surface area (TPSA) is 66.4 Å². The van der Waals surface area contributed by atoms with Crippen molar-refractivity contribution in [2.45, 2.75) is 31.1 Å². The number of amides is 1. The summed E-state index contributed by atoms with van der Waals surface area (Å²) in [7, 11) is 0. The molecule has 0 aromatic heterocycles. The van der Waals surface area contributed by atoms with Crippen LogP contribution in [0.3, 0.4) is 0 Å². The molecule has 0 bridgehead atoms. The van der Waals surface area contributed by atoms with Crippen LogP contribution in [0.2, 0.25) is 0 Å². The van der Waals surface area contributed by atoms with Gasteiger partial charge in [0.15, 0.2) is 0 Å². The van der Waals surface area contributed by atoms with Crippen molar-refractivity contribution < 1.29 is 14.7 Å². The van der Waals surface area contributed by atoms with Gasteiger partial charge >= 0.3 is 5.97 Å². The van der Waals surface area contributed by atoms with E-state index in [0.717, 1.165) is 17.5 Å². The van der Waals surface area contributed by atoms with E-state index in [-0.39, 0.29) is 11.8 Å². The molecule has 0 saturated heterocycles. The molecule has 162 valence electrons. The number of rotatable bonds is 6. The lowest BCUT2D eigenvalue weighted by Gasteiger charge is -2.40. The van der Waals surface area contributed by atoms with E-state index < -0.39 is 17.3 Å². The summed E-state index contributed by atoms with van der Waals surface area (Å²) in [6.45, 7) is 2.06. The van der Waals surface area contributed by atoms with Gasteiger partial charge in [0.25, 0.3) is 0 Å². The number of aryl methyl sites for hydroxylation is 1. The van der Waals surface area contributed by atoms with Gasteiger partial charge in [-0.25, -0.2) is 0 Å². The number of nitrogens with one attached hydrogen (secondary N) is 1. The zero-order chi connectivity index (χ0) is 22.6. The Morgan fingerprint density at radius 2 is 1.66 bits per heavy atom. The van der Waals surface area contributed by atoms with Crippen LogP contribution in [0.25, 0.3) is 0 Å². The van der Waals surface area contributed by atoms with Crippen molar-refractivity contribution in [1.82, 2.24) is 0 Å². The Morgan fingerprint density at radius 3 is 2.31 bits per heavy atom. The molecule has 3 unspecified atom stereocenters. The van der Waals surface area contributed by atoms with Gasteiger partial charge in [-0.15, -0.1) is 0 Å². The van der Waals surface area contributed by atoms with Crippen LogP contribution < -0.4 is 5.32 Å². The molecule has 0 aliphatic heterocycles. The maximum Gasteiger partial charge on any atom is 0.308 e. The highest BCUT2D eigenvalue weighted by atomic mass is 16.4. The van der Waals surface area contributed by atoms with Crippen molar-refractivity contribution >= 4 is 17.6 Å². The Bertz CT molecular complexity index is 1120. The monoisotopic (exact) mass is 425 g/mol. The first-order valence-corrected chi connectivity index (χ1v) is 11.0. The third-order valence-corrected chi connectivity index (χ3v) is 6.38. The fourth-order valence-corrected chi connectivity index (χ4v) is 4.63. The van der Waals surface area contributed by atoms with Crippen LogP contribution in [0.5, 0.6) is 0 Å². The summed E-state index contributed by atoms with van der Waals surface area (Å²) in [4.78, 5) is 26.4. The van der Waals surface area contributed by atoms with Crippen LogP contribution in [0.1, 0.15) is 36.0 Å². The first-order chi connectivity index (χ1) is 15.5. The Kier molecular flexibility index (Phi) is 6.22. The Labute approximate surface area is 188 Å². The standard InChI is InChI=1S/C28H27NO3/c1-2-20-10-9-15-24(18-20)29-27(32)28(23-13-7-4-8-14-23)17-16-22(19-25(28)26(30)31)21-11-5-3-6-12-21/h3-18,22,25H,2,19H2,1H3,(H,29,32)(H,30,31). The fourth-order valence-electron chi connectivity index (χ4n) is 4.63. The largest absolute Gasteiger partial charge is 0.481 e. The first kappa shape index (κ1) is 21.6. The van der Waals surface area contributed by atoms with Crippen LogP contribution in [0.15, 0.2) is 97.1 Å². The van der Waals surface area contributed by atoms with Gasteiger partial charge in [-0.3, -0.25) is 9.59 Å². The highest BCUT2D eigenvalue weighted by molar-refractivity contribution is 6.04. The van der Waals surface area contributed by atoms with Crippen LogP contribution >= 0.6 is 0 Å². The normalized spacial score (nSPS) is 22.3. The molecule has 1 amide bonds. The van der Waals surface area contributed by atoms with Crippen molar-refractivity contribution in [1.29, 1.82) is 0 Å². The molecule has 1 aliphatic carbocycles. The lowest BCUT2D eigenvalue weighted by atomic mass is 9.62. The molecule has 3 aromatic carbocycles. The summed E-state index contributed by atoms with van der Waals surface area (Å²) < 4.78 is 0. The van der Waals surface area contributed by atoms with Gasteiger partial charge in [0.05, 0.1) is 5.92 Å². The third kappa shape index (κ3) is 4.09. The second kappa shape index (κ2) is 9.23. The molecule has 0 radical (unpaired) electrons. The average Bonchev–Trinajstić information content (AvgIpc) is 2.84. The van der Waals surface area contributed by atoms with Crippen LogP contribution in [-0.4, -0.2) is 17.0 Å². The minimum atomic E-state index is -1.30. The number of hydrogen-bond donors (Lipinski definition) is 2. The van der Waals surface area contributed by atoms with Crippen molar-refractivity contribution in [2.24, 2.45) is 5.92 Å². The molecule has 1 aliphatic rings. The Morgan fingerprint density at radius 1 is 0.969 bits per heavy atom. The Hall–Kier alpha value is -3.66. The van der Waals surface area contributed by atoms with Gasteiger partial charge in [0, 0.05) is 11.6 Å². The van der Waals surface area contributed by atoms with E-state index in [1.165, 1.54) is 0 Å². The number of benzene rings is 3. The molecule has 2 N–H and O–H groups in total. The molecule has 0 heterocycles. The molecular weight excluding hydrogens is 398 g/mol. The predicted octanol–water partition coefficient (Wildman–Crippen LogP) is 5.57. The van der Waals surface area contributed by atoms with Crippen molar-refractivity contribution in [3.8, 4) is 0 Å². The van der Waals surface area contributed by atoms with Gasteiger partial charge in [0.1, 0.15) is 5.41 Å². The van der Waals surface area contributed by atoms with E-state index >= 15 is 0 Å². The van der Waals surface area contributed by atoms with Crippen LogP contribution in [0, 0.1) is 5.92 Å². The summed E-state index contributed by atoms with van der Waals surface area (Å²) in [5.41, 5.74) is 2.20. The van der Waals surface area contributed by atoms with Gasteiger partial charge in [-0.1, -0.05) is 91.9 Å². The van der Waals surface area contributed by atoms with Crippen molar-refractivity contribution in [3.05, 3.63) is 114 Å². The molecule has 32 heavy (non-hydrogen) atoms. The summed E-state index contributed by atoms with van der Waals surface area (Å²) in [5, 5.41) is 13.3. The minimum absolute atomic E-state index is 0.0645. The highest BCUT2D eigenvalue weighted by Gasteiger charge is 2.51. The second-order valence-electron chi connectivity index (χ2n) is 8.25. The minimum Gasteiger partial charge on any atom is -0.481 e. The summed E-state index contributed by atoms with van der Waals surface area (Å²) >= 11 is 0. The zero-order valence-electron chi connectivity index (χ0n) is 18.1. The number of anilines is 1. The Balaban J connectivity index is 1.80. The van der Waals surface area contributed by atoms with E-state index in [2.05, 4.69) is 12.2 Å². The van der Waals surface area contributed by atoms with E-state index in [1.54, 1.807) is 6.08 Å². The molecule has 3 atom stereocenters. The first-order valence-electron chi connectivity index (χ1n) is 11.0. The summed E-state index contributed by atoms with van der Waals surface area (Å²) in [6, 6.07) is 26.8. The SMILES string of the molecule is CCc1cccc(NC(=O)C2(c3ccccc3)C=CC(c3ccccc3)CC2C(=O)O)c1. The predicted molar refractivity (Wildman–Crippen MR) is 127 cm³/mol. The number of hydrogen-bond acceptors (Lipinski definition) is 2. The zero-order valence-corrected chi connectivity index (χ0v) is 18.1. The second-order valence-corrected chi connectivity index (χ2v) is 8.25. The maximum atomic E-state index is 13.8. The van der Waals surface area contributed by atoms with Crippen molar-refractivity contribution in [3.63, 3.8) is 0 Å². The van der Waals surface area contributed by atoms with Gasteiger partial charge in [-0.05, 0) is 41.7 Å². The molecule has 0 fully saturated rings. The number of carbonyl (C=O) groups excluding carboxylic acids is 1. The van der Waals surface area contributed by atoms with E-state index in [4.69, 9.17) is 0 Å². The summed E-state index contributed by atoms with van der Waals surface area (Å²) in [6.07, 6.45) is 4.99. The number of carboxylic acids is 1. The fraction of sp³-hybridized carbons (Fsp3) is 0.214. The number of allylic oxidation sites excluding steroid dienone is 1. The van der Waals surface area contributed by atoms with Gasteiger partial charge in [0.2, 0.25) is 5.91 Å². The third-order valence-electron chi connectivity index (χ3n) is 6.38. The smallest absolute Gasteiger partial charge is 0.308 e. The lowest BCUT2D eigenvalue weighted by Crippen LogP contribution is -2.50. The van der Waals surface area contributed by atoms with E-state index in [9.17, 15) is 14.7 Å². The van der Waals surface area contributed by atoms with Gasteiger partial charge in [-0.2, -0.15) is 0 Å². The van der Waals surface area contributed by atoms with Crippen LogP contribution in [-0.2, 0) is 21.4 Å². The molecule has 4 heteroatoms. The molecular formula is C28H27NO3. The molecule has 0 spiro atoms. The highest BCUT2D eigenvalue weighted by Crippen LogP contribution is 2.45. The summed E-state index contributed by atoms with van der Waals surface area (Å²) in [5.74, 6) is -2.27. The lowest BCUT2D eigenvalue weighted by molar-refractivity contribution is -0.147. The maximum absolute atomic E-state index is 13.8. The average molecular weight is 426 g/mol. The molecule has 4 nitrogen and oxygen atoms in total. The molecule has 4 rings (SSSR count). The number of carboxylic acid groups (broad SMARTS) is 1. The van der Waals surface area contributed by atoms with E-state index in [0.29, 0.717) is 17.7 Å². The number of carbonyl (C=O) groups is 2. The number of aliphatic carboxylic acids is 1. The molecule has 3 aromatic rings. The quantitative estimate of drug-likeness (QED) is 0.508.